The molecule has 0 aliphatic carbocycles. The maximum Gasteiger partial charge on any atom is 0.405 e. The molecule has 0 spiro atoms. The predicted octanol–water partition coefficient (Wildman–Crippen LogP) is 5.69. The number of benzene rings is 2. The molecule has 0 fully saturated rings. The van der Waals surface area contributed by atoms with E-state index in [0.29, 0.717) is 27.6 Å². The van der Waals surface area contributed by atoms with Crippen molar-refractivity contribution in [2.45, 2.75) is 19.1 Å². The molecule has 4 aromatic rings. The zero-order valence-corrected chi connectivity index (χ0v) is 18.8. The molecule has 32 heavy (non-hydrogen) atoms. The van der Waals surface area contributed by atoms with Gasteiger partial charge in [0, 0.05) is 17.0 Å². The van der Waals surface area contributed by atoms with Crippen molar-refractivity contribution in [1.82, 2.24) is 9.97 Å². The van der Waals surface area contributed by atoms with Crippen LogP contribution in [-0.2, 0) is 17.8 Å². The second kappa shape index (κ2) is 9.58. The molecule has 0 bridgehead atoms. The highest BCUT2D eigenvalue weighted by Crippen LogP contribution is 2.34. The van der Waals surface area contributed by atoms with Gasteiger partial charge in [0.05, 0.1) is 10.4 Å². The van der Waals surface area contributed by atoms with Crippen LogP contribution in [0.1, 0.15) is 22.9 Å². The number of hydrogen-bond acceptors (Lipinski definition) is 6. The molecule has 0 saturated carbocycles. The summed E-state index contributed by atoms with van der Waals surface area (Å²) in [5.41, 5.74) is 7.21. The molecule has 1 atom stereocenters. The van der Waals surface area contributed by atoms with Crippen LogP contribution >= 0.6 is 27.3 Å². The van der Waals surface area contributed by atoms with Gasteiger partial charge in [0.25, 0.3) is 5.19 Å². The highest BCUT2D eigenvalue weighted by molar-refractivity contribution is 9.10. The molecule has 164 valence electrons. The van der Waals surface area contributed by atoms with Crippen LogP contribution in [0.5, 0.6) is 5.19 Å². The van der Waals surface area contributed by atoms with Crippen molar-refractivity contribution in [3.05, 3.63) is 87.5 Å². The molecule has 2 heterocycles. The molecule has 4 rings (SSSR count). The van der Waals surface area contributed by atoms with Crippen LogP contribution < -0.4 is 10.5 Å². The number of primary amides is 1. The number of aromatic nitrogens is 2. The van der Waals surface area contributed by atoms with E-state index in [9.17, 15) is 13.6 Å². The molecule has 2 N–H and O–H groups in total. The third-order valence-electron chi connectivity index (χ3n) is 4.46. The van der Waals surface area contributed by atoms with Gasteiger partial charge in [0.1, 0.15) is 18.2 Å². The van der Waals surface area contributed by atoms with Gasteiger partial charge >= 0.3 is 6.09 Å². The normalized spacial score (nSPS) is 12.0. The van der Waals surface area contributed by atoms with Crippen LogP contribution in [0.3, 0.4) is 0 Å². The lowest BCUT2D eigenvalue weighted by Gasteiger charge is -2.17. The van der Waals surface area contributed by atoms with E-state index in [4.69, 9.17) is 15.2 Å². The van der Waals surface area contributed by atoms with Gasteiger partial charge in [0.15, 0.2) is 11.8 Å². The van der Waals surface area contributed by atoms with Crippen molar-refractivity contribution < 1.29 is 23.0 Å². The summed E-state index contributed by atoms with van der Waals surface area (Å²) in [6, 6.07) is 14.5. The number of nitrogens with zero attached hydrogens (tertiary/aromatic N) is 2. The molecule has 2 aromatic carbocycles. The van der Waals surface area contributed by atoms with Crippen molar-refractivity contribution in [1.29, 1.82) is 0 Å². The number of thiazole rings is 1. The highest BCUT2D eigenvalue weighted by atomic mass is 79.9. The van der Waals surface area contributed by atoms with Crippen LogP contribution in [0.4, 0.5) is 13.6 Å². The fourth-order valence-corrected chi connectivity index (χ4v) is 4.64. The monoisotopic (exact) mass is 519 g/mol. The lowest BCUT2D eigenvalue weighted by Crippen LogP contribution is -2.20. The van der Waals surface area contributed by atoms with Gasteiger partial charge in [-0.2, -0.15) is 4.98 Å². The number of fused-ring (bicyclic) bond motifs is 1. The average Bonchev–Trinajstić information content (AvgIpc) is 3.12. The molecule has 0 aliphatic rings. The summed E-state index contributed by atoms with van der Waals surface area (Å²) in [4.78, 5) is 20.4. The largest absolute Gasteiger partial charge is 0.465 e. The predicted molar refractivity (Wildman–Crippen MR) is 119 cm³/mol. The third-order valence-corrected chi connectivity index (χ3v) is 5.99. The van der Waals surface area contributed by atoms with Crippen LogP contribution in [0, 0.1) is 11.6 Å². The summed E-state index contributed by atoms with van der Waals surface area (Å²) >= 11 is 4.75. The minimum absolute atomic E-state index is 0.0315. The Hall–Kier alpha value is -3.11. The molecule has 0 unspecified atom stereocenters. The lowest BCUT2D eigenvalue weighted by atomic mass is 10.0. The van der Waals surface area contributed by atoms with Gasteiger partial charge in [-0.25, -0.2) is 18.6 Å². The average molecular weight is 520 g/mol. The molecule has 2 aromatic heterocycles. The van der Waals surface area contributed by atoms with Crippen LogP contribution in [-0.4, -0.2) is 16.1 Å². The number of rotatable bonds is 7. The minimum Gasteiger partial charge on any atom is -0.465 e. The summed E-state index contributed by atoms with van der Waals surface area (Å²) in [6.45, 7) is 0.354. The van der Waals surface area contributed by atoms with E-state index in [2.05, 4.69) is 25.9 Å². The SMILES string of the molecule is NC(=O)O[C@@H](Cc1cc(F)cc(F)c1)c1nc2nc(OCc3ccccc3)sc2cc1Br. The molecular formula is C22H16BrF2N3O3S. The van der Waals surface area contributed by atoms with Crippen LogP contribution in [0.15, 0.2) is 59.1 Å². The topological polar surface area (TPSA) is 87.3 Å². The van der Waals surface area contributed by atoms with Gasteiger partial charge in [-0.1, -0.05) is 41.7 Å². The summed E-state index contributed by atoms with van der Waals surface area (Å²) in [7, 11) is 0. The summed E-state index contributed by atoms with van der Waals surface area (Å²) in [5.74, 6) is -1.47. The zero-order valence-electron chi connectivity index (χ0n) is 16.4. The van der Waals surface area contributed by atoms with Crippen LogP contribution in [0.25, 0.3) is 10.3 Å². The first kappa shape index (κ1) is 22.1. The van der Waals surface area contributed by atoms with Gasteiger partial charge < -0.3 is 15.2 Å². The number of hydrogen-bond donors (Lipinski definition) is 1. The van der Waals surface area contributed by atoms with Crippen molar-refractivity contribution in [2.75, 3.05) is 0 Å². The molecule has 0 saturated heterocycles. The maximum atomic E-state index is 13.6. The summed E-state index contributed by atoms with van der Waals surface area (Å²) in [5, 5.41) is 0.431. The molecule has 0 radical (unpaired) electrons. The molecule has 6 nitrogen and oxygen atoms in total. The van der Waals surface area contributed by atoms with E-state index >= 15 is 0 Å². The Morgan fingerprint density at radius 2 is 1.78 bits per heavy atom. The summed E-state index contributed by atoms with van der Waals surface area (Å²) < 4.78 is 39.5. The molecule has 10 heteroatoms. The van der Waals surface area contributed by atoms with Gasteiger partial charge in [0.2, 0.25) is 0 Å². The fraction of sp³-hybridized carbons (Fsp3) is 0.136. The molecular weight excluding hydrogens is 504 g/mol. The molecule has 0 aliphatic heterocycles. The van der Waals surface area contributed by atoms with E-state index in [1.54, 1.807) is 6.07 Å². The Morgan fingerprint density at radius 3 is 2.47 bits per heavy atom. The minimum atomic E-state index is -1.04. The third kappa shape index (κ3) is 5.38. The number of ether oxygens (including phenoxy) is 2. The van der Waals surface area contributed by atoms with Gasteiger partial charge in [-0.15, -0.1) is 0 Å². The van der Waals surface area contributed by atoms with Crippen molar-refractivity contribution in [3.8, 4) is 5.19 Å². The number of carbonyl (C=O) groups is 1. The quantitative estimate of drug-likeness (QED) is 0.338. The van der Waals surface area contributed by atoms with Crippen molar-refractivity contribution >= 4 is 43.7 Å². The Labute approximate surface area is 194 Å². The smallest absolute Gasteiger partial charge is 0.405 e. The van der Waals surface area contributed by atoms with E-state index < -0.39 is 23.8 Å². The number of amides is 1. The van der Waals surface area contributed by atoms with Gasteiger partial charge in [-0.3, -0.25) is 0 Å². The zero-order chi connectivity index (χ0) is 22.7. The maximum absolute atomic E-state index is 13.6. The second-order valence-corrected chi connectivity index (χ2v) is 8.69. The van der Waals surface area contributed by atoms with E-state index in [-0.39, 0.29) is 12.0 Å². The van der Waals surface area contributed by atoms with Crippen molar-refractivity contribution in [2.24, 2.45) is 5.73 Å². The first-order valence-electron chi connectivity index (χ1n) is 9.42. The highest BCUT2D eigenvalue weighted by Gasteiger charge is 2.23. The Morgan fingerprint density at radius 1 is 1.06 bits per heavy atom. The Kier molecular flexibility index (Phi) is 6.61. The second-order valence-electron chi connectivity index (χ2n) is 6.84. The van der Waals surface area contributed by atoms with Crippen molar-refractivity contribution in [3.63, 3.8) is 0 Å². The van der Waals surface area contributed by atoms with E-state index in [1.807, 2.05) is 30.3 Å². The van der Waals surface area contributed by atoms with E-state index in [0.717, 1.165) is 28.5 Å². The Balaban J connectivity index is 1.62. The molecule has 1 amide bonds. The fourth-order valence-electron chi connectivity index (χ4n) is 3.12. The first-order valence-corrected chi connectivity index (χ1v) is 11.0. The number of pyridine rings is 1. The standard InChI is InChI=1S/C22H16BrF2N3O3S/c23-16-10-18-20(28-22(32-18)30-11-12-4-2-1-3-5-12)27-19(16)17(31-21(26)29)8-13-6-14(24)9-15(25)7-13/h1-7,9-10,17H,8,11H2,(H2,26,29)/t17-/m0/s1. The number of carbonyl (C=O) groups excluding carboxylic acids is 1. The number of halogens is 3. The Bertz CT molecular complexity index is 1250. The van der Waals surface area contributed by atoms with Crippen LogP contribution in [0.2, 0.25) is 0 Å². The lowest BCUT2D eigenvalue weighted by molar-refractivity contribution is 0.104. The first-order chi connectivity index (χ1) is 15.4. The van der Waals surface area contributed by atoms with E-state index in [1.165, 1.54) is 11.3 Å². The summed E-state index contributed by atoms with van der Waals surface area (Å²) in [6.07, 6.45) is -2.05. The number of nitrogens with two attached hydrogens (primary N) is 1. The van der Waals surface area contributed by atoms with Gasteiger partial charge in [-0.05, 0) is 45.3 Å².